The maximum absolute atomic E-state index is 12.5. The van der Waals surface area contributed by atoms with E-state index in [9.17, 15) is 4.79 Å². The van der Waals surface area contributed by atoms with Crippen molar-refractivity contribution in [1.82, 2.24) is 4.90 Å². The van der Waals surface area contributed by atoms with E-state index in [0.717, 1.165) is 30.0 Å². The molecular weight excluding hydrogens is 342 g/mol. The summed E-state index contributed by atoms with van der Waals surface area (Å²) in [6.07, 6.45) is 1.73. The zero-order chi connectivity index (χ0) is 17.9. The number of nitrogens with zero attached hydrogens (tertiary/aromatic N) is 1. The fourth-order valence-electron chi connectivity index (χ4n) is 3.46. The largest absolute Gasteiger partial charge is 0.463 e. The number of benzene rings is 2. The van der Waals surface area contributed by atoms with Crippen LogP contribution >= 0.6 is 11.8 Å². The molecule has 0 aliphatic carbocycles. The van der Waals surface area contributed by atoms with Crippen LogP contribution < -0.4 is 0 Å². The van der Waals surface area contributed by atoms with Gasteiger partial charge in [0.2, 0.25) is 0 Å². The van der Waals surface area contributed by atoms with Crippen molar-refractivity contribution in [3.63, 3.8) is 0 Å². The van der Waals surface area contributed by atoms with E-state index in [2.05, 4.69) is 53.4 Å². The van der Waals surface area contributed by atoms with Crippen LogP contribution in [-0.4, -0.2) is 24.0 Å². The Hall–Kier alpha value is -2.46. The molecule has 132 valence electrons. The van der Waals surface area contributed by atoms with E-state index in [1.54, 1.807) is 11.8 Å². The first-order chi connectivity index (χ1) is 12.8. The van der Waals surface area contributed by atoms with Gasteiger partial charge < -0.3 is 9.64 Å². The molecule has 2 aromatic rings. The van der Waals surface area contributed by atoms with E-state index in [1.807, 2.05) is 19.1 Å². The van der Waals surface area contributed by atoms with Crippen LogP contribution in [0, 0.1) is 0 Å². The highest BCUT2D eigenvalue weighted by Crippen LogP contribution is 2.53. The second kappa shape index (κ2) is 7.42. The normalized spacial score (nSPS) is 16.7. The van der Waals surface area contributed by atoms with Gasteiger partial charge in [-0.3, -0.25) is 0 Å². The number of fused-ring (bicyclic) bond motifs is 1. The van der Waals surface area contributed by atoms with Crippen LogP contribution in [0.4, 0.5) is 0 Å². The Kier molecular flexibility index (Phi) is 4.85. The molecule has 4 heteroatoms. The van der Waals surface area contributed by atoms with Crippen molar-refractivity contribution >= 4 is 28.3 Å². The average Bonchev–Trinajstić information content (AvgIpc) is 3.09. The monoisotopic (exact) mass is 363 g/mol. The van der Waals surface area contributed by atoms with E-state index in [1.165, 1.54) is 21.7 Å². The minimum atomic E-state index is -0.179. The van der Waals surface area contributed by atoms with Gasteiger partial charge in [-0.2, -0.15) is 0 Å². The summed E-state index contributed by atoms with van der Waals surface area (Å²) in [6, 6.07) is 20.9. The smallest absolute Gasteiger partial charge is 0.336 e. The maximum atomic E-state index is 12.5. The Morgan fingerprint density at radius 2 is 1.69 bits per heavy atom. The molecule has 3 nitrogen and oxygen atoms in total. The van der Waals surface area contributed by atoms with Gasteiger partial charge in [0.05, 0.1) is 22.9 Å². The third kappa shape index (κ3) is 3.06. The summed E-state index contributed by atoms with van der Waals surface area (Å²) in [5.41, 5.74) is 4.36. The number of hydrogen-bond acceptors (Lipinski definition) is 4. The highest BCUT2D eigenvalue weighted by atomic mass is 32.2. The molecule has 4 rings (SSSR count). The fraction of sp³-hybridized carbons (Fsp3) is 0.227. The van der Waals surface area contributed by atoms with Crippen LogP contribution in [0.3, 0.4) is 0 Å². The Bertz CT molecular complexity index is 872. The van der Waals surface area contributed by atoms with Crippen LogP contribution in [0.5, 0.6) is 0 Å². The molecule has 26 heavy (non-hydrogen) atoms. The number of esters is 1. The minimum absolute atomic E-state index is 0.179. The number of ether oxygens (including phenoxy) is 1. The van der Waals surface area contributed by atoms with E-state index >= 15 is 0 Å². The molecule has 0 radical (unpaired) electrons. The van der Waals surface area contributed by atoms with Gasteiger partial charge >= 0.3 is 5.97 Å². The van der Waals surface area contributed by atoms with Crippen LogP contribution in [0.1, 0.15) is 30.9 Å². The summed E-state index contributed by atoms with van der Waals surface area (Å²) in [6.45, 7) is 3.19. The molecule has 2 heterocycles. The Morgan fingerprint density at radius 1 is 1.04 bits per heavy atom. The summed E-state index contributed by atoms with van der Waals surface area (Å²) < 4.78 is 5.32. The first-order valence-electron chi connectivity index (χ1n) is 9.00. The van der Waals surface area contributed by atoms with Gasteiger partial charge in [0.1, 0.15) is 0 Å². The number of hydrogen-bond donors (Lipinski definition) is 0. The van der Waals surface area contributed by atoms with Crippen molar-refractivity contribution in [2.45, 2.75) is 19.8 Å². The zero-order valence-electron chi connectivity index (χ0n) is 14.8. The van der Waals surface area contributed by atoms with Crippen LogP contribution in [0.25, 0.3) is 10.6 Å². The lowest BCUT2D eigenvalue weighted by Gasteiger charge is -2.29. The van der Waals surface area contributed by atoms with Gasteiger partial charge in [-0.25, -0.2) is 4.79 Å². The van der Waals surface area contributed by atoms with Crippen molar-refractivity contribution in [3.8, 4) is 0 Å². The van der Waals surface area contributed by atoms with Crippen molar-refractivity contribution in [2.24, 2.45) is 0 Å². The van der Waals surface area contributed by atoms with E-state index < -0.39 is 0 Å². The molecule has 0 spiro atoms. The Labute approximate surface area is 158 Å². The molecule has 0 saturated carbocycles. The summed E-state index contributed by atoms with van der Waals surface area (Å²) in [7, 11) is 0. The summed E-state index contributed by atoms with van der Waals surface area (Å²) in [4.78, 5) is 16.0. The topological polar surface area (TPSA) is 29.5 Å². The molecule has 2 aliphatic rings. The average molecular weight is 363 g/mol. The lowest BCUT2D eigenvalue weighted by molar-refractivity contribution is -0.138. The molecule has 0 saturated heterocycles. The summed E-state index contributed by atoms with van der Waals surface area (Å²) in [5.74, 6) is -0.179. The molecule has 0 N–H and O–H groups in total. The molecule has 0 bridgehead atoms. The highest BCUT2D eigenvalue weighted by molar-refractivity contribution is 8.12. The number of carbonyl (C=O) groups excluding carboxylic acids is 1. The quantitative estimate of drug-likeness (QED) is 0.704. The van der Waals surface area contributed by atoms with Crippen molar-refractivity contribution in [1.29, 1.82) is 0 Å². The van der Waals surface area contributed by atoms with Crippen LogP contribution in [0.15, 0.2) is 71.3 Å². The van der Waals surface area contributed by atoms with Crippen LogP contribution in [0.2, 0.25) is 0 Å². The second-order valence-corrected chi connectivity index (χ2v) is 7.27. The van der Waals surface area contributed by atoms with Gasteiger partial charge in [-0.05, 0) is 30.9 Å². The lowest BCUT2D eigenvalue weighted by atomic mass is 10.0. The fourth-order valence-corrected chi connectivity index (χ4v) is 4.83. The highest BCUT2D eigenvalue weighted by Gasteiger charge is 2.36. The maximum Gasteiger partial charge on any atom is 0.336 e. The van der Waals surface area contributed by atoms with Crippen molar-refractivity contribution < 1.29 is 9.53 Å². The number of thioether (sulfide) groups is 1. The first kappa shape index (κ1) is 17.0. The second-order valence-electron chi connectivity index (χ2n) is 6.27. The molecule has 0 atom stereocenters. The number of rotatable bonds is 4. The molecule has 0 fully saturated rings. The standard InChI is InChI=1S/C22H21NO2S/c1-2-25-22(24)18-14-9-15-23-19(16-10-5-3-6-11-16)20(26-21(18)23)17-12-7-4-8-13-17/h3-8,10-13H,2,9,14-15H2,1H3. The van der Waals surface area contributed by atoms with Gasteiger partial charge in [0.15, 0.2) is 0 Å². The molecular formula is C22H21NO2S. The number of carbonyl (C=O) groups is 1. The van der Waals surface area contributed by atoms with Crippen molar-refractivity contribution in [3.05, 3.63) is 82.4 Å². The lowest BCUT2D eigenvalue weighted by Crippen LogP contribution is -2.26. The van der Waals surface area contributed by atoms with Gasteiger partial charge in [-0.15, -0.1) is 0 Å². The molecule has 2 aromatic carbocycles. The Balaban J connectivity index is 1.86. The van der Waals surface area contributed by atoms with Crippen molar-refractivity contribution in [2.75, 3.05) is 13.2 Å². The van der Waals surface area contributed by atoms with Crippen LogP contribution in [-0.2, 0) is 9.53 Å². The van der Waals surface area contributed by atoms with Gasteiger partial charge in [0, 0.05) is 11.4 Å². The zero-order valence-corrected chi connectivity index (χ0v) is 15.6. The third-order valence-electron chi connectivity index (χ3n) is 4.60. The molecule has 0 amide bonds. The summed E-state index contributed by atoms with van der Waals surface area (Å²) >= 11 is 1.70. The van der Waals surface area contributed by atoms with E-state index in [-0.39, 0.29) is 5.97 Å². The van der Waals surface area contributed by atoms with Gasteiger partial charge in [0.25, 0.3) is 0 Å². The molecule has 2 aliphatic heterocycles. The predicted octanol–water partition coefficient (Wildman–Crippen LogP) is 5.13. The van der Waals surface area contributed by atoms with Gasteiger partial charge in [-0.1, -0.05) is 72.4 Å². The molecule has 0 unspecified atom stereocenters. The first-order valence-corrected chi connectivity index (χ1v) is 9.82. The van der Waals surface area contributed by atoms with E-state index in [0.29, 0.717) is 6.61 Å². The SMILES string of the molecule is CCOC(=O)C1=C2SC(c3ccccc3)=C(c3ccccc3)N2CCC1. The minimum Gasteiger partial charge on any atom is -0.463 e. The van der Waals surface area contributed by atoms with E-state index in [4.69, 9.17) is 4.74 Å². The predicted molar refractivity (Wildman–Crippen MR) is 107 cm³/mol. The third-order valence-corrected chi connectivity index (χ3v) is 5.89. The summed E-state index contributed by atoms with van der Waals surface area (Å²) in [5, 5.41) is 1.03. The Morgan fingerprint density at radius 3 is 2.35 bits per heavy atom. The molecule has 0 aromatic heterocycles.